The van der Waals surface area contributed by atoms with E-state index in [0.29, 0.717) is 56.2 Å². The minimum Gasteiger partial charge on any atom is -0.478 e. The molecule has 11 heteroatoms. The molecule has 4 amide bonds. The number of hydrogen-bond acceptors (Lipinski definition) is 5. The number of nitrogens with one attached hydrogen (secondary N) is 4. The van der Waals surface area contributed by atoms with Gasteiger partial charge in [-0.15, -0.1) is 0 Å². The fraction of sp³-hybridized carbons (Fsp3) is 0.190. The van der Waals surface area contributed by atoms with Crippen LogP contribution in [0.25, 0.3) is 33.4 Å². The number of carboxylic acid groups (broad SMARTS) is 1. The molecule has 6 rings (SSSR count). The molecule has 0 aromatic heterocycles. The summed E-state index contributed by atoms with van der Waals surface area (Å²) >= 11 is 0. The Morgan fingerprint density at radius 3 is 2.08 bits per heavy atom. The van der Waals surface area contributed by atoms with Crippen molar-refractivity contribution in [2.24, 2.45) is 0 Å². The van der Waals surface area contributed by atoms with Gasteiger partial charge in [0.25, 0.3) is 0 Å². The van der Waals surface area contributed by atoms with E-state index in [4.69, 9.17) is 4.42 Å². The highest BCUT2D eigenvalue weighted by molar-refractivity contribution is 6.07. The maximum Gasteiger partial charge on any atom is 0.336 e. The summed E-state index contributed by atoms with van der Waals surface area (Å²) in [5.74, 6) is -0.443. The van der Waals surface area contributed by atoms with Crippen LogP contribution in [0.5, 0.6) is 0 Å². The van der Waals surface area contributed by atoms with Crippen molar-refractivity contribution < 1.29 is 23.9 Å². The Kier molecular flexibility index (Phi) is 11.6. The number of aromatic carboxylic acids is 1. The first kappa shape index (κ1) is 36.2. The molecular weight excluding hydrogens is 668 g/mol. The standard InChI is InChI=1S/C42H42N6O5/c1-43-41(51)45-21-23-47(27-29-11-5-3-6-12-29)31-17-19-35-37(25-31)53-38-26-32(18-20-36(38)39(35)33-15-9-10-16-34(33)40(49)50)48(24-22-46-42(52)44-2)28-30-13-7-4-8-14-30/h3-20,25-26H,21-24,27-28H2,1-2H3,(H4-,43,44,45,46,49,50,51,52)/p+1. The highest BCUT2D eigenvalue weighted by atomic mass is 16.4. The average molecular weight is 712 g/mol. The minimum atomic E-state index is -1.02. The van der Waals surface area contributed by atoms with Gasteiger partial charge in [-0.2, -0.15) is 0 Å². The number of rotatable bonds is 13. The van der Waals surface area contributed by atoms with Crippen LogP contribution in [0.1, 0.15) is 21.5 Å². The maximum atomic E-state index is 12.5. The smallest absolute Gasteiger partial charge is 0.336 e. The third kappa shape index (κ3) is 8.82. The molecule has 53 heavy (non-hydrogen) atoms. The number of carbonyl (C=O) groups excluding carboxylic acids is 2. The second kappa shape index (κ2) is 17.1. The van der Waals surface area contributed by atoms with E-state index in [1.807, 2.05) is 84.9 Å². The van der Waals surface area contributed by atoms with Gasteiger partial charge in [0.1, 0.15) is 11.3 Å². The molecule has 1 heterocycles. The minimum absolute atomic E-state index is 0.186. The molecule has 4 aromatic rings. The van der Waals surface area contributed by atoms with Crippen LogP contribution in [0.2, 0.25) is 0 Å². The first-order valence-electron chi connectivity index (χ1n) is 17.5. The van der Waals surface area contributed by atoms with Crippen molar-refractivity contribution >= 4 is 34.7 Å². The Hall–Kier alpha value is -6.62. The number of amides is 4. The van der Waals surface area contributed by atoms with Gasteiger partial charge in [0.15, 0.2) is 13.1 Å². The molecule has 5 N–H and O–H groups in total. The van der Waals surface area contributed by atoms with E-state index in [1.165, 1.54) is 0 Å². The van der Waals surface area contributed by atoms with Crippen molar-refractivity contribution in [3.8, 4) is 22.5 Å². The summed E-state index contributed by atoms with van der Waals surface area (Å²) in [5, 5.41) is 22.9. The predicted octanol–water partition coefficient (Wildman–Crippen LogP) is 5.74. The Morgan fingerprint density at radius 1 is 0.717 bits per heavy atom. The Labute approximate surface area is 307 Å². The molecule has 270 valence electrons. The molecule has 2 aliphatic rings. The Balaban J connectivity index is 1.54. The second-order valence-electron chi connectivity index (χ2n) is 12.5. The van der Waals surface area contributed by atoms with Gasteiger partial charge in [-0.05, 0) is 35.4 Å². The molecule has 0 spiro atoms. The van der Waals surface area contributed by atoms with E-state index in [9.17, 15) is 19.5 Å². The molecule has 0 radical (unpaired) electrons. The van der Waals surface area contributed by atoms with Gasteiger partial charge in [0.2, 0.25) is 5.36 Å². The maximum absolute atomic E-state index is 12.5. The van der Waals surface area contributed by atoms with Crippen LogP contribution >= 0.6 is 0 Å². The zero-order valence-corrected chi connectivity index (χ0v) is 29.8. The van der Waals surface area contributed by atoms with Crippen molar-refractivity contribution in [2.45, 2.75) is 13.1 Å². The number of urea groups is 2. The molecular formula is C42H43N6O5+. The Morgan fingerprint density at radius 2 is 1.38 bits per heavy atom. The average Bonchev–Trinajstić information content (AvgIpc) is 3.19. The number of nitrogens with zero attached hydrogens (tertiary/aromatic N) is 2. The second-order valence-corrected chi connectivity index (χ2v) is 12.5. The molecule has 1 aliphatic carbocycles. The topological polar surface area (TPSA) is 139 Å². The lowest BCUT2D eigenvalue weighted by Crippen LogP contribution is -2.40. The summed E-state index contributed by atoms with van der Waals surface area (Å²) in [6.07, 6.45) is 0. The van der Waals surface area contributed by atoms with Crippen molar-refractivity contribution in [1.29, 1.82) is 0 Å². The zero-order chi connectivity index (χ0) is 37.2. The summed E-state index contributed by atoms with van der Waals surface area (Å²) in [6, 6.07) is 38.6. The summed E-state index contributed by atoms with van der Waals surface area (Å²) < 4.78 is 8.92. The molecule has 0 bridgehead atoms. The quantitative estimate of drug-likeness (QED) is 0.0766. The fourth-order valence-corrected chi connectivity index (χ4v) is 6.43. The van der Waals surface area contributed by atoms with Crippen LogP contribution in [-0.4, -0.2) is 63.4 Å². The lowest BCUT2D eigenvalue weighted by atomic mass is 9.90. The monoisotopic (exact) mass is 711 g/mol. The summed E-state index contributed by atoms with van der Waals surface area (Å²) in [4.78, 5) is 38.7. The van der Waals surface area contributed by atoms with E-state index in [2.05, 4.69) is 55.0 Å². The normalized spacial score (nSPS) is 11.5. The van der Waals surface area contributed by atoms with E-state index in [-0.39, 0.29) is 17.6 Å². The third-order valence-electron chi connectivity index (χ3n) is 9.07. The van der Waals surface area contributed by atoms with Gasteiger partial charge in [0.05, 0.1) is 18.2 Å². The van der Waals surface area contributed by atoms with Crippen LogP contribution in [0.4, 0.5) is 15.3 Å². The van der Waals surface area contributed by atoms with Gasteiger partial charge in [-0.25, -0.2) is 19.0 Å². The highest BCUT2D eigenvalue weighted by Crippen LogP contribution is 2.42. The van der Waals surface area contributed by atoms with Gasteiger partial charge >= 0.3 is 18.0 Å². The van der Waals surface area contributed by atoms with E-state index in [1.54, 1.807) is 26.2 Å². The summed E-state index contributed by atoms with van der Waals surface area (Å²) in [5.41, 5.74) is 5.95. The number of carbonyl (C=O) groups is 3. The van der Waals surface area contributed by atoms with Gasteiger partial charge in [0, 0.05) is 73.6 Å². The van der Waals surface area contributed by atoms with Crippen molar-refractivity contribution in [2.75, 3.05) is 45.2 Å². The molecule has 0 unspecified atom stereocenters. The fourth-order valence-electron chi connectivity index (χ4n) is 6.43. The SMILES string of the molecule is CNC(=O)NCCN(Cc1ccccc1)c1ccc2c(-c3ccccc3C(=O)O)c3cc/c(=[N+](\CCNC(=O)NC)Cc4ccccc4)cc-3oc2c1. The highest BCUT2D eigenvalue weighted by Gasteiger charge is 2.23. The van der Waals surface area contributed by atoms with E-state index in [0.717, 1.165) is 38.7 Å². The predicted molar refractivity (Wildman–Crippen MR) is 208 cm³/mol. The van der Waals surface area contributed by atoms with Crippen LogP contribution in [-0.2, 0) is 13.1 Å². The summed E-state index contributed by atoms with van der Waals surface area (Å²) in [7, 11) is 3.17. The molecule has 4 aromatic carbocycles. The van der Waals surface area contributed by atoms with Gasteiger partial charge in [-0.1, -0.05) is 78.9 Å². The van der Waals surface area contributed by atoms with Crippen molar-refractivity contribution in [3.63, 3.8) is 0 Å². The van der Waals surface area contributed by atoms with Crippen LogP contribution in [0, 0.1) is 0 Å². The van der Waals surface area contributed by atoms with Crippen LogP contribution in [0.15, 0.2) is 126 Å². The number of carboxylic acids is 1. The van der Waals surface area contributed by atoms with Crippen molar-refractivity contribution in [3.05, 3.63) is 143 Å². The molecule has 0 saturated carbocycles. The lowest BCUT2D eigenvalue weighted by molar-refractivity contribution is 0.0697. The largest absolute Gasteiger partial charge is 0.478 e. The van der Waals surface area contributed by atoms with Crippen LogP contribution in [0.3, 0.4) is 0 Å². The molecule has 0 atom stereocenters. The van der Waals surface area contributed by atoms with Gasteiger partial charge in [-0.3, -0.25) is 0 Å². The molecule has 0 saturated heterocycles. The number of hydrogen-bond donors (Lipinski definition) is 5. The lowest BCUT2D eigenvalue weighted by Gasteiger charge is -2.26. The Bertz CT molecular complexity index is 2250. The van der Waals surface area contributed by atoms with Gasteiger partial charge < -0.3 is 35.7 Å². The first-order valence-corrected chi connectivity index (χ1v) is 17.5. The third-order valence-corrected chi connectivity index (χ3v) is 9.07. The zero-order valence-electron chi connectivity index (χ0n) is 29.8. The molecule has 11 nitrogen and oxygen atoms in total. The first-order chi connectivity index (χ1) is 25.8. The number of fused-ring (bicyclic) bond motifs is 2. The van der Waals surface area contributed by atoms with Crippen molar-refractivity contribution in [1.82, 2.24) is 25.8 Å². The summed E-state index contributed by atoms with van der Waals surface area (Å²) in [6.45, 7) is 3.05. The van der Waals surface area contributed by atoms with Crippen LogP contribution < -0.4 is 36.1 Å². The van der Waals surface area contributed by atoms with E-state index < -0.39 is 5.97 Å². The van der Waals surface area contributed by atoms with E-state index >= 15 is 0 Å². The molecule has 1 aliphatic heterocycles. The number of anilines is 1. The molecule has 0 fully saturated rings. The number of benzene rings is 5.